The number of hydrogen-bond acceptors (Lipinski definition) is 6. The molecule has 2 aromatic heterocycles. The molecule has 1 saturated heterocycles. The molecule has 0 spiro atoms. The number of carbonyl (C=O) groups is 1. The number of para-hydroxylation sites is 1. The maximum absolute atomic E-state index is 13.2. The molecule has 8 nitrogen and oxygen atoms in total. The van der Waals surface area contributed by atoms with Gasteiger partial charge in [-0.1, -0.05) is 36.4 Å². The van der Waals surface area contributed by atoms with Crippen molar-refractivity contribution in [1.29, 1.82) is 0 Å². The van der Waals surface area contributed by atoms with Gasteiger partial charge in [-0.3, -0.25) is 9.59 Å². The van der Waals surface area contributed by atoms with E-state index >= 15 is 0 Å². The van der Waals surface area contributed by atoms with Crippen LogP contribution in [0.5, 0.6) is 0 Å². The lowest BCUT2D eigenvalue weighted by atomic mass is 10.1. The van der Waals surface area contributed by atoms with Gasteiger partial charge in [-0.25, -0.2) is 4.98 Å². The first-order valence-electron chi connectivity index (χ1n) is 10.8. The summed E-state index contributed by atoms with van der Waals surface area (Å²) in [5.74, 6) is 0.520. The monoisotopic (exact) mass is 441 g/mol. The molecule has 166 valence electrons. The third-order valence-corrected chi connectivity index (χ3v) is 5.62. The Hall–Kier alpha value is -4.04. The number of pyridine rings is 1. The van der Waals surface area contributed by atoms with Crippen LogP contribution in [0.1, 0.15) is 16.1 Å². The third kappa shape index (κ3) is 4.33. The predicted octanol–water partition coefficient (Wildman–Crippen LogP) is 2.55. The van der Waals surface area contributed by atoms with Crippen molar-refractivity contribution in [2.24, 2.45) is 0 Å². The molecule has 0 saturated carbocycles. The van der Waals surface area contributed by atoms with E-state index in [9.17, 15) is 9.59 Å². The summed E-state index contributed by atoms with van der Waals surface area (Å²) in [6.45, 7) is 3.26. The molecule has 0 unspecified atom stereocenters. The molecule has 0 atom stereocenters. The molecule has 33 heavy (non-hydrogen) atoms. The highest BCUT2D eigenvalue weighted by Gasteiger charge is 2.18. The van der Waals surface area contributed by atoms with Gasteiger partial charge >= 0.3 is 0 Å². The molecular formula is C25H23N5O3. The van der Waals surface area contributed by atoms with Crippen molar-refractivity contribution in [3.8, 4) is 5.69 Å². The molecule has 0 aliphatic carbocycles. The quantitative estimate of drug-likeness (QED) is 0.512. The number of aromatic nitrogens is 3. The van der Waals surface area contributed by atoms with Gasteiger partial charge in [0.05, 0.1) is 24.3 Å². The summed E-state index contributed by atoms with van der Waals surface area (Å²) in [6, 6.07) is 20.0. The summed E-state index contributed by atoms with van der Waals surface area (Å²) in [6.07, 6.45) is 1.75. The molecule has 3 heterocycles. The Kier molecular flexibility index (Phi) is 5.82. The summed E-state index contributed by atoms with van der Waals surface area (Å²) >= 11 is 0. The van der Waals surface area contributed by atoms with E-state index < -0.39 is 0 Å². The van der Waals surface area contributed by atoms with E-state index in [4.69, 9.17) is 4.74 Å². The highest BCUT2D eigenvalue weighted by atomic mass is 16.5. The summed E-state index contributed by atoms with van der Waals surface area (Å²) in [4.78, 5) is 32.8. The van der Waals surface area contributed by atoms with Gasteiger partial charge in [0.1, 0.15) is 5.82 Å². The second kappa shape index (κ2) is 9.22. The van der Waals surface area contributed by atoms with Crippen LogP contribution < -0.4 is 15.8 Å². The average Bonchev–Trinajstić information content (AvgIpc) is 2.89. The maximum Gasteiger partial charge on any atom is 0.279 e. The van der Waals surface area contributed by atoms with E-state index in [1.165, 1.54) is 4.68 Å². The highest BCUT2D eigenvalue weighted by molar-refractivity contribution is 6.04. The van der Waals surface area contributed by atoms with Crippen LogP contribution in [-0.2, 0) is 11.3 Å². The minimum Gasteiger partial charge on any atom is -0.378 e. The lowest BCUT2D eigenvalue weighted by Gasteiger charge is -2.28. The van der Waals surface area contributed by atoms with E-state index in [0.717, 1.165) is 24.5 Å². The number of ether oxygens (including phenoxy) is 1. The van der Waals surface area contributed by atoms with E-state index in [-0.39, 0.29) is 17.2 Å². The molecule has 5 rings (SSSR count). The molecule has 1 fully saturated rings. The van der Waals surface area contributed by atoms with Crippen LogP contribution in [0.15, 0.2) is 77.7 Å². The summed E-state index contributed by atoms with van der Waals surface area (Å²) < 4.78 is 6.68. The summed E-state index contributed by atoms with van der Waals surface area (Å²) in [7, 11) is 0. The number of amides is 1. The molecule has 1 aliphatic rings. The van der Waals surface area contributed by atoms with Crippen LogP contribution in [-0.4, -0.2) is 47.0 Å². The fourth-order valence-corrected chi connectivity index (χ4v) is 3.90. The predicted molar refractivity (Wildman–Crippen MR) is 126 cm³/mol. The molecule has 0 radical (unpaired) electrons. The molecule has 1 amide bonds. The van der Waals surface area contributed by atoms with Gasteiger partial charge in [-0.15, -0.1) is 0 Å². The standard InChI is InChI=1S/C25H23N5O3/c31-24(27-17-18-10-11-26-22(16-18)29-12-14-33-15-13-29)23-20-8-4-5-9-21(20)25(32)30(28-23)19-6-2-1-3-7-19/h1-11,16H,12-15,17H2,(H,27,31). The number of nitrogens with zero attached hydrogens (tertiary/aromatic N) is 4. The van der Waals surface area contributed by atoms with Crippen LogP contribution in [0.2, 0.25) is 0 Å². The maximum atomic E-state index is 13.2. The van der Waals surface area contributed by atoms with Crippen molar-refractivity contribution in [1.82, 2.24) is 20.1 Å². The van der Waals surface area contributed by atoms with Crippen molar-refractivity contribution in [3.05, 3.63) is 94.5 Å². The largest absolute Gasteiger partial charge is 0.378 e. The first-order valence-corrected chi connectivity index (χ1v) is 10.8. The number of nitrogens with one attached hydrogen (secondary N) is 1. The molecule has 1 N–H and O–H groups in total. The average molecular weight is 441 g/mol. The van der Waals surface area contributed by atoms with Crippen LogP contribution >= 0.6 is 0 Å². The summed E-state index contributed by atoms with van der Waals surface area (Å²) in [5.41, 5.74) is 1.47. The Labute approximate surface area is 190 Å². The van der Waals surface area contributed by atoms with Gasteiger partial charge in [0.25, 0.3) is 11.5 Å². The zero-order valence-corrected chi connectivity index (χ0v) is 18.0. The fourth-order valence-electron chi connectivity index (χ4n) is 3.90. The summed E-state index contributed by atoms with van der Waals surface area (Å²) in [5, 5.41) is 8.35. The minimum atomic E-state index is -0.347. The number of benzene rings is 2. The number of morpholine rings is 1. The Morgan fingerprint density at radius 3 is 2.48 bits per heavy atom. The van der Waals surface area contributed by atoms with E-state index in [1.807, 2.05) is 30.3 Å². The first kappa shape index (κ1) is 20.8. The minimum absolute atomic E-state index is 0.205. The van der Waals surface area contributed by atoms with Gasteiger partial charge in [-0.2, -0.15) is 9.78 Å². The topological polar surface area (TPSA) is 89.3 Å². The van der Waals surface area contributed by atoms with Gasteiger partial charge in [-0.05, 0) is 35.9 Å². The first-order chi connectivity index (χ1) is 16.2. The Bertz CT molecular complexity index is 1350. The van der Waals surface area contributed by atoms with Crippen LogP contribution in [0.4, 0.5) is 5.82 Å². The number of hydrogen-bond donors (Lipinski definition) is 1. The third-order valence-electron chi connectivity index (χ3n) is 5.62. The second-order valence-corrected chi connectivity index (χ2v) is 7.75. The molecule has 1 aliphatic heterocycles. The van der Waals surface area contributed by atoms with E-state index in [2.05, 4.69) is 20.3 Å². The van der Waals surface area contributed by atoms with E-state index in [0.29, 0.717) is 36.2 Å². The van der Waals surface area contributed by atoms with Crippen molar-refractivity contribution in [2.75, 3.05) is 31.2 Å². The molecule has 0 bridgehead atoms. The zero-order valence-electron chi connectivity index (χ0n) is 18.0. The number of rotatable bonds is 5. The van der Waals surface area contributed by atoms with Crippen molar-refractivity contribution in [2.45, 2.75) is 6.54 Å². The highest BCUT2D eigenvalue weighted by Crippen LogP contribution is 2.17. The van der Waals surface area contributed by atoms with Crippen LogP contribution in [0.25, 0.3) is 16.5 Å². The molecule has 4 aromatic rings. The smallest absolute Gasteiger partial charge is 0.279 e. The lowest BCUT2D eigenvalue weighted by Crippen LogP contribution is -2.36. The van der Waals surface area contributed by atoms with Crippen LogP contribution in [0.3, 0.4) is 0 Å². The van der Waals surface area contributed by atoms with Crippen molar-refractivity contribution < 1.29 is 9.53 Å². The lowest BCUT2D eigenvalue weighted by molar-refractivity contribution is 0.0946. The molecule has 2 aromatic carbocycles. The van der Waals surface area contributed by atoms with Crippen molar-refractivity contribution in [3.63, 3.8) is 0 Å². The molecule has 8 heteroatoms. The van der Waals surface area contributed by atoms with Crippen LogP contribution in [0, 0.1) is 0 Å². The second-order valence-electron chi connectivity index (χ2n) is 7.75. The van der Waals surface area contributed by atoms with Gasteiger partial charge in [0.15, 0.2) is 5.69 Å². The SMILES string of the molecule is O=C(NCc1ccnc(N2CCOCC2)c1)c1nn(-c2ccccc2)c(=O)c2ccccc12. The Balaban J connectivity index is 1.43. The normalized spacial score (nSPS) is 13.8. The number of fused-ring (bicyclic) bond motifs is 1. The zero-order chi connectivity index (χ0) is 22.6. The Morgan fingerprint density at radius 2 is 1.70 bits per heavy atom. The van der Waals surface area contributed by atoms with Crippen molar-refractivity contribution >= 4 is 22.5 Å². The number of carbonyl (C=O) groups excluding carboxylic acids is 1. The van der Waals surface area contributed by atoms with Gasteiger partial charge < -0.3 is 15.0 Å². The molecular weight excluding hydrogens is 418 g/mol. The van der Waals surface area contributed by atoms with Gasteiger partial charge in [0.2, 0.25) is 0 Å². The number of anilines is 1. The van der Waals surface area contributed by atoms with E-state index in [1.54, 1.807) is 42.6 Å². The Morgan fingerprint density at radius 1 is 0.970 bits per heavy atom. The van der Waals surface area contributed by atoms with Gasteiger partial charge in [0, 0.05) is 31.2 Å². The fraction of sp³-hybridized carbons (Fsp3) is 0.200.